The highest BCUT2D eigenvalue weighted by molar-refractivity contribution is 7.99. The standard InChI is InChI=1S/C14H8ClN3S/c15-8-5-6-9-11(7-8)17-13-14(18-9)19-12-4-2-1-3-10(12)16-13/h1-7H,(H,16,17). The molecule has 2 heterocycles. The first-order chi connectivity index (χ1) is 9.29. The highest BCUT2D eigenvalue weighted by atomic mass is 35.5. The number of nitrogens with zero attached hydrogens (tertiary/aromatic N) is 2. The lowest BCUT2D eigenvalue weighted by Crippen LogP contribution is -2.04. The molecule has 3 nitrogen and oxygen atoms in total. The van der Waals surface area contributed by atoms with E-state index in [1.807, 2.05) is 36.4 Å². The number of aromatic nitrogens is 2. The number of hydrogen-bond acceptors (Lipinski definition) is 4. The van der Waals surface area contributed by atoms with Gasteiger partial charge in [-0.1, -0.05) is 35.5 Å². The molecule has 19 heavy (non-hydrogen) atoms. The van der Waals surface area contributed by atoms with Crippen molar-refractivity contribution in [2.45, 2.75) is 9.92 Å². The number of para-hydroxylation sites is 1. The van der Waals surface area contributed by atoms with Gasteiger partial charge in [0.25, 0.3) is 0 Å². The van der Waals surface area contributed by atoms with Crippen LogP contribution in [0, 0.1) is 0 Å². The van der Waals surface area contributed by atoms with Crippen LogP contribution in [0.2, 0.25) is 5.02 Å². The molecular formula is C14H8ClN3S. The van der Waals surface area contributed by atoms with Crippen molar-refractivity contribution in [2.75, 3.05) is 5.32 Å². The molecule has 1 N–H and O–H groups in total. The fourth-order valence-electron chi connectivity index (χ4n) is 2.05. The minimum Gasteiger partial charge on any atom is -0.337 e. The lowest BCUT2D eigenvalue weighted by Gasteiger charge is -2.19. The lowest BCUT2D eigenvalue weighted by molar-refractivity contribution is 1.10. The average Bonchev–Trinajstić information content (AvgIpc) is 2.43. The van der Waals surface area contributed by atoms with E-state index >= 15 is 0 Å². The fourth-order valence-corrected chi connectivity index (χ4v) is 3.14. The maximum Gasteiger partial charge on any atom is 0.164 e. The molecule has 0 saturated heterocycles. The zero-order valence-electron chi connectivity index (χ0n) is 9.72. The second kappa shape index (κ2) is 4.11. The van der Waals surface area contributed by atoms with Crippen molar-refractivity contribution >= 4 is 45.9 Å². The van der Waals surface area contributed by atoms with Gasteiger partial charge >= 0.3 is 0 Å². The molecule has 0 spiro atoms. The van der Waals surface area contributed by atoms with Crippen molar-refractivity contribution in [3.8, 4) is 0 Å². The summed E-state index contributed by atoms with van der Waals surface area (Å²) in [6, 6.07) is 13.7. The highest BCUT2D eigenvalue weighted by Gasteiger charge is 2.18. The molecule has 1 aliphatic heterocycles. The van der Waals surface area contributed by atoms with Crippen molar-refractivity contribution in [3.63, 3.8) is 0 Å². The number of rotatable bonds is 0. The van der Waals surface area contributed by atoms with Gasteiger partial charge in [-0.3, -0.25) is 0 Å². The fraction of sp³-hybridized carbons (Fsp3) is 0. The third-order valence-corrected chi connectivity index (χ3v) is 4.23. The van der Waals surface area contributed by atoms with Crippen LogP contribution in [0.5, 0.6) is 0 Å². The second-order valence-corrected chi connectivity index (χ2v) is 5.70. The van der Waals surface area contributed by atoms with Crippen LogP contribution in [0.1, 0.15) is 0 Å². The summed E-state index contributed by atoms with van der Waals surface area (Å²) in [6.07, 6.45) is 0. The molecular weight excluding hydrogens is 278 g/mol. The molecule has 1 aliphatic rings. The summed E-state index contributed by atoms with van der Waals surface area (Å²) in [5.74, 6) is 0.790. The number of hydrogen-bond donors (Lipinski definition) is 1. The zero-order valence-corrected chi connectivity index (χ0v) is 11.3. The third-order valence-electron chi connectivity index (χ3n) is 2.94. The molecule has 0 bridgehead atoms. The first-order valence-electron chi connectivity index (χ1n) is 5.81. The van der Waals surface area contributed by atoms with Crippen LogP contribution in [0.4, 0.5) is 11.5 Å². The summed E-state index contributed by atoms with van der Waals surface area (Å²) in [5, 5.41) is 4.88. The van der Waals surface area contributed by atoms with Crippen molar-refractivity contribution in [2.24, 2.45) is 0 Å². The number of anilines is 2. The maximum absolute atomic E-state index is 5.99. The van der Waals surface area contributed by atoms with Gasteiger partial charge < -0.3 is 5.32 Å². The molecule has 1 aromatic heterocycles. The van der Waals surface area contributed by atoms with Crippen LogP contribution in [-0.4, -0.2) is 9.97 Å². The molecule has 0 radical (unpaired) electrons. The molecule has 0 fully saturated rings. The van der Waals surface area contributed by atoms with E-state index in [1.165, 1.54) is 0 Å². The Morgan fingerprint density at radius 2 is 1.89 bits per heavy atom. The Morgan fingerprint density at radius 1 is 1.00 bits per heavy atom. The molecule has 0 saturated carbocycles. The van der Waals surface area contributed by atoms with E-state index in [-0.39, 0.29) is 0 Å². The Labute approximate surface area is 119 Å². The Hall–Kier alpha value is -1.78. The first kappa shape index (κ1) is 11.1. The van der Waals surface area contributed by atoms with E-state index in [0.717, 1.165) is 32.5 Å². The van der Waals surface area contributed by atoms with Gasteiger partial charge in [-0.15, -0.1) is 0 Å². The van der Waals surface area contributed by atoms with Gasteiger partial charge in [0.05, 0.1) is 16.7 Å². The van der Waals surface area contributed by atoms with Crippen LogP contribution in [0.15, 0.2) is 52.4 Å². The Bertz CT molecular complexity index is 804. The topological polar surface area (TPSA) is 37.8 Å². The predicted molar refractivity (Wildman–Crippen MR) is 78.4 cm³/mol. The molecule has 0 aliphatic carbocycles. The lowest BCUT2D eigenvalue weighted by atomic mass is 10.3. The monoisotopic (exact) mass is 285 g/mol. The van der Waals surface area contributed by atoms with E-state index in [1.54, 1.807) is 11.8 Å². The maximum atomic E-state index is 5.99. The van der Waals surface area contributed by atoms with Crippen molar-refractivity contribution < 1.29 is 0 Å². The SMILES string of the molecule is Clc1ccc2nc3c(nc2c1)Nc1ccccc1S3. The highest BCUT2D eigenvalue weighted by Crippen LogP contribution is 2.42. The molecule has 5 heteroatoms. The van der Waals surface area contributed by atoms with Crippen LogP contribution < -0.4 is 5.32 Å². The van der Waals surface area contributed by atoms with Gasteiger partial charge in [0.1, 0.15) is 5.03 Å². The first-order valence-corrected chi connectivity index (χ1v) is 7.00. The summed E-state index contributed by atoms with van der Waals surface area (Å²) >= 11 is 7.62. The molecule has 0 unspecified atom stereocenters. The molecule has 4 rings (SSSR count). The van der Waals surface area contributed by atoms with Crippen LogP contribution >= 0.6 is 23.4 Å². The van der Waals surface area contributed by atoms with Crippen molar-refractivity contribution in [1.82, 2.24) is 9.97 Å². The van der Waals surface area contributed by atoms with Crippen LogP contribution in [-0.2, 0) is 0 Å². The Kier molecular flexibility index (Phi) is 2.40. The van der Waals surface area contributed by atoms with Crippen molar-refractivity contribution in [1.29, 1.82) is 0 Å². The molecule has 2 aromatic carbocycles. The van der Waals surface area contributed by atoms with E-state index in [0.29, 0.717) is 5.02 Å². The van der Waals surface area contributed by atoms with Crippen LogP contribution in [0.3, 0.4) is 0 Å². The summed E-state index contributed by atoms with van der Waals surface area (Å²) in [5.41, 5.74) is 2.73. The summed E-state index contributed by atoms with van der Waals surface area (Å²) in [7, 11) is 0. The Morgan fingerprint density at radius 3 is 2.84 bits per heavy atom. The quantitative estimate of drug-likeness (QED) is 0.516. The minimum atomic E-state index is 0.672. The van der Waals surface area contributed by atoms with Gasteiger partial charge in [0.2, 0.25) is 0 Å². The number of benzene rings is 2. The van der Waals surface area contributed by atoms with Crippen molar-refractivity contribution in [3.05, 3.63) is 47.5 Å². The average molecular weight is 286 g/mol. The summed E-state index contributed by atoms with van der Waals surface area (Å²) < 4.78 is 0. The third kappa shape index (κ3) is 1.84. The second-order valence-electron chi connectivity index (χ2n) is 4.23. The van der Waals surface area contributed by atoms with Gasteiger partial charge in [-0.05, 0) is 30.3 Å². The number of halogens is 1. The van der Waals surface area contributed by atoms with Gasteiger partial charge in [0.15, 0.2) is 5.82 Å². The largest absolute Gasteiger partial charge is 0.337 e. The number of nitrogens with one attached hydrogen (secondary N) is 1. The Balaban J connectivity index is 1.91. The molecule has 3 aromatic rings. The normalized spacial score (nSPS) is 12.7. The minimum absolute atomic E-state index is 0.672. The molecule has 0 atom stereocenters. The molecule has 0 amide bonds. The van der Waals surface area contributed by atoms with Crippen LogP contribution in [0.25, 0.3) is 11.0 Å². The predicted octanol–water partition coefficient (Wildman–Crippen LogP) is 4.49. The molecule has 92 valence electrons. The van der Waals surface area contributed by atoms with Gasteiger partial charge in [-0.2, -0.15) is 0 Å². The smallest absolute Gasteiger partial charge is 0.164 e. The van der Waals surface area contributed by atoms with E-state index in [4.69, 9.17) is 11.6 Å². The summed E-state index contributed by atoms with van der Waals surface area (Å²) in [6.45, 7) is 0. The summed E-state index contributed by atoms with van der Waals surface area (Å²) in [4.78, 5) is 10.4. The van der Waals surface area contributed by atoms with Gasteiger partial charge in [-0.25, -0.2) is 9.97 Å². The van der Waals surface area contributed by atoms with E-state index in [2.05, 4.69) is 21.4 Å². The number of fused-ring (bicyclic) bond motifs is 3. The zero-order chi connectivity index (χ0) is 12.8. The van der Waals surface area contributed by atoms with Gasteiger partial charge in [0, 0.05) is 9.92 Å². The van der Waals surface area contributed by atoms with E-state index < -0.39 is 0 Å². The van der Waals surface area contributed by atoms with E-state index in [9.17, 15) is 0 Å².